The molecule has 0 unspecified atom stereocenters. The van der Waals surface area contributed by atoms with Crippen LogP contribution in [0.5, 0.6) is 0 Å². The molecule has 1 N–H and O–H groups in total. The summed E-state index contributed by atoms with van der Waals surface area (Å²) in [5.41, 5.74) is 1.20. The van der Waals surface area contributed by atoms with Crippen molar-refractivity contribution in [3.63, 3.8) is 0 Å². The van der Waals surface area contributed by atoms with Gasteiger partial charge in [-0.15, -0.1) is 0 Å². The highest BCUT2D eigenvalue weighted by atomic mass is 16.5. The highest BCUT2D eigenvalue weighted by molar-refractivity contribution is 5.94. The number of benzene rings is 1. The molecule has 2 rings (SSSR count). The van der Waals surface area contributed by atoms with E-state index >= 15 is 0 Å². The minimum absolute atomic E-state index is 0.00688. The molecule has 0 radical (unpaired) electrons. The van der Waals surface area contributed by atoms with Gasteiger partial charge in [0.25, 0.3) is 0 Å². The SMILES string of the molecule is CCCCOC(=O)c1ccc(NC(=O)C2CCOCC2)cc1. The van der Waals surface area contributed by atoms with Crippen molar-refractivity contribution in [1.29, 1.82) is 0 Å². The molecule has 0 bridgehead atoms. The number of carbonyl (C=O) groups is 2. The van der Waals surface area contributed by atoms with Crippen LogP contribution in [0.4, 0.5) is 5.69 Å². The molecule has 1 aromatic carbocycles. The lowest BCUT2D eigenvalue weighted by Gasteiger charge is -2.21. The fourth-order valence-corrected chi connectivity index (χ4v) is 2.29. The van der Waals surface area contributed by atoms with Gasteiger partial charge in [-0.2, -0.15) is 0 Å². The van der Waals surface area contributed by atoms with E-state index in [1.165, 1.54) is 0 Å². The van der Waals surface area contributed by atoms with Crippen LogP contribution >= 0.6 is 0 Å². The lowest BCUT2D eigenvalue weighted by Crippen LogP contribution is -2.28. The number of unbranched alkanes of at least 4 members (excludes halogenated alkanes) is 1. The van der Waals surface area contributed by atoms with Gasteiger partial charge in [-0.25, -0.2) is 4.79 Å². The van der Waals surface area contributed by atoms with Crippen LogP contribution in [0.3, 0.4) is 0 Å². The van der Waals surface area contributed by atoms with E-state index < -0.39 is 0 Å². The quantitative estimate of drug-likeness (QED) is 0.648. The average Bonchev–Trinajstić information content (AvgIpc) is 2.56. The Balaban J connectivity index is 1.85. The Morgan fingerprint density at radius 1 is 1.23 bits per heavy atom. The molecule has 1 saturated heterocycles. The van der Waals surface area contributed by atoms with Gasteiger partial charge in [0.2, 0.25) is 5.91 Å². The van der Waals surface area contributed by atoms with E-state index in [1.807, 2.05) is 6.92 Å². The highest BCUT2D eigenvalue weighted by Gasteiger charge is 2.21. The molecule has 22 heavy (non-hydrogen) atoms. The van der Waals surface area contributed by atoms with E-state index in [9.17, 15) is 9.59 Å². The number of carbonyl (C=O) groups excluding carboxylic acids is 2. The maximum atomic E-state index is 12.1. The summed E-state index contributed by atoms with van der Waals surface area (Å²) in [5.74, 6) is -0.301. The van der Waals surface area contributed by atoms with Gasteiger partial charge < -0.3 is 14.8 Å². The first-order valence-electron chi connectivity index (χ1n) is 7.86. The number of anilines is 1. The van der Waals surface area contributed by atoms with Gasteiger partial charge in [0.1, 0.15) is 0 Å². The van der Waals surface area contributed by atoms with Crippen molar-refractivity contribution in [2.45, 2.75) is 32.6 Å². The molecule has 0 aromatic heterocycles. The van der Waals surface area contributed by atoms with Crippen LogP contribution < -0.4 is 5.32 Å². The number of hydrogen-bond donors (Lipinski definition) is 1. The van der Waals surface area contributed by atoms with Crippen LogP contribution in [0.1, 0.15) is 43.0 Å². The molecule has 1 amide bonds. The second-order valence-corrected chi connectivity index (χ2v) is 5.44. The number of esters is 1. The summed E-state index contributed by atoms with van der Waals surface area (Å²) in [5, 5.41) is 2.88. The molecular weight excluding hydrogens is 282 g/mol. The second kappa shape index (κ2) is 8.54. The Morgan fingerprint density at radius 2 is 1.91 bits per heavy atom. The van der Waals surface area contributed by atoms with Gasteiger partial charge in [-0.05, 0) is 43.5 Å². The van der Waals surface area contributed by atoms with Gasteiger partial charge in [-0.1, -0.05) is 13.3 Å². The number of ether oxygens (including phenoxy) is 2. The zero-order chi connectivity index (χ0) is 15.8. The van der Waals surface area contributed by atoms with Crippen molar-refractivity contribution in [2.75, 3.05) is 25.1 Å². The Kier molecular flexibility index (Phi) is 6.40. The van der Waals surface area contributed by atoms with E-state index in [0.29, 0.717) is 31.1 Å². The van der Waals surface area contributed by atoms with E-state index in [4.69, 9.17) is 9.47 Å². The highest BCUT2D eigenvalue weighted by Crippen LogP contribution is 2.18. The zero-order valence-electron chi connectivity index (χ0n) is 13.0. The van der Waals surface area contributed by atoms with Crippen molar-refractivity contribution in [1.82, 2.24) is 0 Å². The van der Waals surface area contributed by atoms with Gasteiger partial charge in [0.15, 0.2) is 0 Å². The molecule has 1 fully saturated rings. The molecule has 5 nitrogen and oxygen atoms in total. The first-order chi connectivity index (χ1) is 10.7. The van der Waals surface area contributed by atoms with Gasteiger partial charge in [0.05, 0.1) is 12.2 Å². The van der Waals surface area contributed by atoms with Crippen molar-refractivity contribution in [3.8, 4) is 0 Å². The summed E-state index contributed by atoms with van der Waals surface area (Å²) in [6.45, 7) is 3.77. The average molecular weight is 305 g/mol. The van der Waals surface area contributed by atoms with Crippen LogP contribution in [-0.4, -0.2) is 31.7 Å². The van der Waals surface area contributed by atoms with Crippen molar-refractivity contribution in [2.24, 2.45) is 5.92 Å². The third-order valence-corrected chi connectivity index (χ3v) is 3.71. The fourth-order valence-electron chi connectivity index (χ4n) is 2.29. The monoisotopic (exact) mass is 305 g/mol. The van der Waals surface area contributed by atoms with E-state index in [1.54, 1.807) is 24.3 Å². The number of amides is 1. The van der Waals surface area contributed by atoms with Gasteiger partial charge >= 0.3 is 5.97 Å². The molecule has 1 aliphatic rings. The van der Waals surface area contributed by atoms with Crippen LogP contribution in [-0.2, 0) is 14.3 Å². The molecule has 0 saturated carbocycles. The number of rotatable bonds is 6. The predicted molar refractivity (Wildman–Crippen MR) is 83.8 cm³/mol. The molecule has 1 aliphatic heterocycles. The van der Waals surface area contributed by atoms with E-state index in [0.717, 1.165) is 25.7 Å². The second-order valence-electron chi connectivity index (χ2n) is 5.44. The molecule has 1 heterocycles. The third kappa shape index (κ3) is 4.84. The minimum Gasteiger partial charge on any atom is -0.462 e. The topological polar surface area (TPSA) is 64.6 Å². The minimum atomic E-state index is -0.323. The van der Waals surface area contributed by atoms with E-state index in [-0.39, 0.29) is 17.8 Å². The Labute approximate surface area is 131 Å². The maximum Gasteiger partial charge on any atom is 0.338 e. The predicted octanol–water partition coefficient (Wildman–Crippen LogP) is 3.01. The summed E-state index contributed by atoms with van der Waals surface area (Å²) in [6, 6.07) is 6.81. The smallest absolute Gasteiger partial charge is 0.338 e. The largest absolute Gasteiger partial charge is 0.462 e. The van der Waals surface area contributed by atoms with Gasteiger partial charge in [-0.3, -0.25) is 4.79 Å². The van der Waals surface area contributed by atoms with Crippen LogP contribution in [0.25, 0.3) is 0 Å². The summed E-state index contributed by atoms with van der Waals surface area (Å²) < 4.78 is 10.4. The summed E-state index contributed by atoms with van der Waals surface area (Å²) in [7, 11) is 0. The molecule has 0 atom stereocenters. The Morgan fingerprint density at radius 3 is 2.55 bits per heavy atom. The van der Waals surface area contributed by atoms with Crippen molar-refractivity contribution < 1.29 is 19.1 Å². The molecular formula is C17H23NO4. The zero-order valence-corrected chi connectivity index (χ0v) is 13.0. The van der Waals surface area contributed by atoms with Crippen LogP contribution in [0.2, 0.25) is 0 Å². The van der Waals surface area contributed by atoms with Crippen LogP contribution in [0.15, 0.2) is 24.3 Å². The summed E-state index contributed by atoms with van der Waals surface area (Å²) in [4.78, 5) is 23.9. The standard InChI is InChI=1S/C17H23NO4/c1-2-3-10-22-17(20)14-4-6-15(7-5-14)18-16(19)13-8-11-21-12-9-13/h4-7,13H,2-3,8-12H2,1H3,(H,18,19). The lowest BCUT2D eigenvalue weighted by atomic mass is 9.99. The number of nitrogens with one attached hydrogen (secondary N) is 1. The molecule has 5 heteroatoms. The molecule has 120 valence electrons. The summed E-state index contributed by atoms with van der Waals surface area (Å²) >= 11 is 0. The van der Waals surface area contributed by atoms with Crippen molar-refractivity contribution >= 4 is 17.6 Å². The lowest BCUT2D eigenvalue weighted by molar-refractivity contribution is -0.122. The number of hydrogen-bond acceptors (Lipinski definition) is 4. The first-order valence-corrected chi connectivity index (χ1v) is 7.86. The first kappa shape index (κ1) is 16.5. The Hall–Kier alpha value is -1.88. The van der Waals surface area contributed by atoms with Gasteiger partial charge in [0, 0.05) is 24.8 Å². The fraction of sp³-hybridized carbons (Fsp3) is 0.529. The molecule has 0 spiro atoms. The third-order valence-electron chi connectivity index (χ3n) is 3.71. The Bertz CT molecular complexity index is 492. The van der Waals surface area contributed by atoms with Crippen molar-refractivity contribution in [3.05, 3.63) is 29.8 Å². The maximum absolute atomic E-state index is 12.1. The van der Waals surface area contributed by atoms with E-state index in [2.05, 4.69) is 5.32 Å². The molecule has 1 aromatic rings. The normalized spacial score (nSPS) is 15.3. The summed E-state index contributed by atoms with van der Waals surface area (Å²) in [6.07, 6.45) is 3.37. The molecule has 0 aliphatic carbocycles. The van der Waals surface area contributed by atoms with Crippen LogP contribution in [0, 0.1) is 5.92 Å².